The van der Waals surface area contributed by atoms with E-state index in [1.807, 2.05) is 44.2 Å². The molecule has 0 fully saturated rings. The van der Waals surface area contributed by atoms with E-state index in [-0.39, 0.29) is 0 Å². The summed E-state index contributed by atoms with van der Waals surface area (Å²) >= 11 is 3.59. The lowest BCUT2D eigenvalue weighted by atomic mass is 10.2. The highest BCUT2D eigenvalue weighted by Gasteiger charge is 2.12. The summed E-state index contributed by atoms with van der Waals surface area (Å²) in [6, 6.07) is 12.2. The fourth-order valence-corrected chi connectivity index (χ4v) is 3.44. The number of aromatic amines is 1. The largest absolute Gasteiger partial charge is 0.490 e. The fourth-order valence-electron chi connectivity index (χ4n) is 2.83. The van der Waals surface area contributed by atoms with Gasteiger partial charge in [0.2, 0.25) is 0 Å². The average Bonchev–Trinajstić information content (AvgIpc) is 3.05. The first-order valence-corrected chi connectivity index (χ1v) is 9.73. The number of nitrogens with one attached hydrogen (secondary N) is 2. The number of ether oxygens (including phenoxy) is 2. The molecular weight excluding hydrogens is 394 g/mol. The average molecular weight is 418 g/mol. The summed E-state index contributed by atoms with van der Waals surface area (Å²) in [4.78, 5) is 7.96. The quantitative estimate of drug-likeness (QED) is 0.504. The van der Waals surface area contributed by atoms with E-state index in [4.69, 9.17) is 9.47 Å². The second kappa shape index (κ2) is 9.05. The van der Waals surface area contributed by atoms with Crippen LogP contribution in [0, 0.1) is 0 Å². The number of halogens is 1. The first-order valence-electron chi connectivity index (χ1n) is 8.93. The van der Waals surface area contributed by atoms with Gasteiger partial charge < -0.3 is 19.8 Å². The molecule has 0 amide bonds. The van der Waals surface area contributed by atoms with E-state index in [1.54, 1.807) is 0 Å². The predicted octanol–water partition coefficient (Wildman–Crippen LogP) is 4.46. The van der Waals surface area contributed by atoms with Gasteiger partial charge >= 0.3 is 0 Å². The minimum atomic E-state index is 0.605. The standard InChI is InChI=1S/C20H24BrN3O2/c1-3-25-18-12-14(11-15(21)20(18)26-4-2)13-22-10-9-19-23-16-7-5-6-8-17(16)24-19/h5-8,11-12,22H,3-4,9-10,13H2,1-2H3,(H,23,24). The molecule has 1 aromatic heterocycles. The van der Waals surface area contributed by atoms with Gasteiger partial charge in [0.15, 0.2) is 11.5 Å². The van der Waals surface area contributed by atoms with Crippen LogP contribution in [0.1, 0.15) is 25.2 Å². The summed E-state index contributed by atoms with van der Waals surface area (Å²) in [5, 5.41) is 3.47. The number of imidazole rings is 1. The number of benzene rings is 2. The van der Waals surface area contributed by atoms with Crippen LogP contribution in [0.4, 0.5) is 0 Å². The molecule has 138 valence electrons. The van der Waals surface area contributed by atoms with Crippen molar-refractivity contribution in [2.24, 2.45) is 0 Å². The smallest absolute Gasteiger partial charge is 0.175 e. The zero-order chi connectivity index (χ0) is 18.4. The number of fused-ring (bicyclic) bond motifs is 1. The van der Waals surface area contributed by atoms with E-state index in [2.05, 4.69) is 37.3 Å². The minimum Gasteiger partial charge on any atom is -0.490 e. The molecule has 0 saturated heterocycles. The summed E-state index contributed by atoms with van der Waals surface area (Å²) < 4.78 is 12.3. The molecule has 0 aliphatic carbocycles. The van der Waals surface area contributed by atoms with E-state index in [9.17, 15) is 0 Å². The molecule has 3 aromatic rings. The Balaban J connectivity index is 1.58. The van der Waals surface area contributed by atoms with Gasteiger partial charge in [-0.2, -0.15) is 0 Å². The van der Waals surface area contributed by atoms with Crippen molar-refractivity contribution in [1.29, 1.82) is 0 Å². The van der Waals surface area contributed by atoms with Gasteiger partial charge in [-0.1, -0.05) is 12.1 Å². The van der Waals surface area contributed by atoms with Crippen LogP contribution in [0.5, 0.6) is 11.5 Å². The molecule has 0 aliphatic heterocycles. The molecule has 0 atom stereocenters. The number of para-hydroxylation sites is 2. The Kier molecular flexibility index (Phi) is 6.52. The SMILES string of the molecule is CCOc1cc(CNCCc2nc3ccccc3[nH]2)cc(Br)c1OCC. The van der Waals surface area contributed by atoms with E-state index in [1.165, 1.54) is 0 Å². The van der Waals surface area contributed by atoms with Crippen molar-refractivity contribution in [3.05, 3.63) is 52.3 Å². The van der Waals surface area contributed by atoms with Crippen LogP contribution in [0.15, 0.2) is 40.9 Å². The second-order valence-electron chi connectivity index (χ2n) is 5.90. The fraction of sp³-hybridized carbons (Fsp3) is 0.350. The van der Waals surface area contributed by atoms with Crippen LogP contribution in [-0.4, -0.2) is 29.7 Å². The molecule has 6 heteroatoms. The Morgan fingerprint density at radius 2 is 1.92 bits per heavy atom. The Morgan fingerprint density at radius 3 is 2.69 bits per heavy atom. The maximum atomic E-state index is 5.72. The van der Waals surface area contributed by atoms with Crippen molar-refractivity contribution in [2.75, 3.05) is 19.8 Å². The normalized spacial score (nSPS) is 11.0. The number of H-pyrrole nitrogens is 1. The van der Waals surface area contributed by atoms with Crippen molar-refractivity contribution in [1.82, 2.24) is 15.3 Å². The number of nitrogens with zero attached hydrogens (tertiary/aromatic N) is 1. The topological polar surface area (TPSA) is 59.2 Å². The molecule has 2 aromatic carbocycles. The second-order valence-corrected chi connectivity index (χ2v) is 6.75. The Bertz CT molecular complexity index is 830. The van der Waals surface area contributed by atoms with Gasteiger partial charge in [-0.05, 0) is 59.6 Å². The highest BCUT2D eigenvalue weighted by molar-refractivity contribution is 9.10. The van der Waals surface area contributed by atoms with E-state index < -0.39 is 0 Å². The predicted molar refractivity (Wildman–Crippen MR) is 108 cm³/mol. The summed E-state index contributed by atoms with van der Waals surface area (Å²) in [6.07, 6.45) is 0.852. The molecule has 0 spiro atoms. The van der Waals surface area contributed by atoms with Crippen LogP contribution in [0.25, 0.3) is 11.0 Å². The zero-order valence-electron chi connectivity index (χ0n) is 15.1. The van der Waals surface area contributed by atoms with E-state index in [0.29, 0.717) is 13.2 Å². The molecule has 5 nitrogen and oxygen atoms in total. The molecule has 1 heterocycles. The molecule has 0 radical (unpaired) electrons. The number of aromatic nitrogens is 2. The van der Waals surface area contributed by atoms with Crippen LogP contribution in [0.3, 0.4) is 0 Å². The van der Waals surface area contributed by atoms with Gasteiger partial charge in [-0.3, -0.25) is 0 Å². The first-order chi connectivity index (χ1) is 12.7. The van der Waals surface area contributed by atoms with Crippen molar-refractivity contribution in [3.63, 3.8) is 0 Å². The third-order valence-corrected chi connectivity index (χ3v) is 4.55. The Hall–Kier alpha value is -2.05. The van der Waals surface area contributed by atoms with Gasteiger partial charge in [-0.15, -0.1) is 0 Å². The lowest BCUT2D eigenvalue weighted by Gasteiger charge is -2.15. The lowest BCUT2D eigenvalue weighted by Crippen LogP contribution is -2.17. The number of hydrogen-bond donors (Lipinski definition) is 2. The maximum Gasteiger partial charge on any atom is 0.175 e. The minimum absolute atomic E-state index is 0.605. The number of rotatable bonds is 9. The molecule has 0 aliphatic rings. The highest BCUT2D eigenvalue weighted by Crippen LogP contribution is 2.36. The highest BCUT2D eigenvalue weighted by atomic mass is 79.9. The van der Waals surface area contributed by atoms with Crippen molar-refractivity contribution >= 4 is 27.0 Å². The zero-order valence-corrected chi connectivity index (χ0v) is 16.7. The summed E-state index contributed by atoms with van der Waals surface area (Å²) in [7, 11) is 0. The summed E-state index contributed by atoms with van der Waals surface area (Å²) in [6.45, 7) is 6.75. The van der Waals surface area contributed by atoms with E-state index >= 15 is 0 Å². The summed E-state index contributed by atoms with van der Waals surface area (Å²) in [5.41, 5.74) is 3.24. The Morgan fingerprint density at radius 1 is 1.12 bits per heavy atom. The molecule has 2 N–H and O–H groups in total. The van der Waals surface area contributed by atoms with Gasteiger partial charge in [-0.25, -0.2) is 4.98 Å². The number of hydrogen-bond acceptors (Lipinski definition) is 4. The van der Waals surface area contributed by atoms with Crippen LogP contribution in [0.2, 0.25) is 0 Å². The maximum absolute atomic E-state index is 5.72. The molecule has 26 heavy (non-hydrogen) atoms. The van der Waals surface area contributed by atoms with Gasteiger partial charge in [0.05, 0.1) is 28.7 Å². The van der Waals surface area contributed by atoms with E-state index in [0.717, 1.165) is 57.9 Å². The van der Waals surface area contributed by atoms with Crippen molar-refractivity contribution in [3.8, 4) is 11.5 Å². The first kappa shape index (κ1) is 18.7. The van der Waals surface area contributed by atoms with Crippen molar-refractivity contribution in [2.45, 2.75) is 26.8 Å². The van der Waals surface area contributed by atoms with Gasteiger partial charge in [0, 0.05) is 19.5 Å². The molecule has 3 rings (SSSR count). The van der Waals surface area contributed by atoms with Crippen molar-refractivity contribution < 1.29 is 9.47 Å². The van der Waals surface area contributed by atoms with Crippen LogP contribution in [-0.2, 0) is 13.0 Å². The third kappa shape index (κ3) is 4.56. The van der Waals surface area contributed by atoms with Crippen LogP contribution >= 0.6 is 15.9 Å². The lowest BCUT2D eigenvalue weighted by molar-refractivity contribution is 0.286. The third-order valence-electron chi connectivity index (χ3n) is 3.96. The van der Waals surface area contributed by atoms with Gasteiger partial charge in [0.25, 0.3) is 0 Å². The monoisotopic (exact) mass is 417 g/mol. The molecular formula is C20H24BrN3O2. The Labute approximate surface area is 162 Å². The molecule has 0 unspecified atom stereocenters. The van der Waals surface area contributed by atoms with Crippen LogP contribution < -0.4 is 14.8 Å². The molecule has 0 saturated carbocycles. The van der Waals surface area contributed by atoms with Gasteiger partial charge in [0.1, 0.15) is 5.82 Å². The summed E-state index contributed by atoms with van der Waals surface area (Å²) in [5.74, 6) is 2.54. The molecule has 0 bridgehead atoms.